The summed E-state index contributed by atoms with van der Waals surface area (Å²) < 4.78 is 0. The van der Waals surface area contributed by atoms with Crippen molar-refractivity contribution in [1.82, 2.24) is 4.90 Å². The lowest BCUT2D eigenvalue weighted by Crippen LogP contribution is -2.36. The Bertz CT molecular complexity index is 229. The average Bonchev–Trinajstić information content (AvgIpc) is 2.82. The zero-order valence-electron chi connectivity index (χ0n) is 11.6. The number of rotatable bonds is 6. The van der Waals surface area contributed by atoms with Crippen molar-refractivity contribution >= 4 is 0 Å². The highest BCUT2D eigenvalue weighted by atomic mass is 16.3. The van der Waals surface area contributed by atoms with Gasteiger partial charge >= 0.3 is 0 Å². The average molecular weight is 239 g/mol. The van der Waals surface area contributed by atoms with E-state index >= 15 is 0 Å². The quantitative estimate of drug-likeness (QED) is 0.719. The molecule has 0 spiro atoms. The van der Waals surface area contributed by atoms with Crippen LogP contribution in [0.15, 0.2) is 0 Å². The van der Waals surface area contributed by atoms with Crippen LogP contribution in [-0.2, 0) is 0 Å². The molecule has 2 heterocycles. The maximum atomic E-state index is 9.21. The highest BCUT2D eigenvalue weighted by Crippen LogP contribution is 2.38. The third-order valence-electron chi connectivity index (χ3n) is 4.76. The van der Waals surface area contributed by atoms with E-state index in [1.807, 2.05) is 6.92 Å². The van der Waals surface area contributed by atoms with Crippen LogP contribution in [0.2, 0.25) is 0 Å². The second-order valence-corrected chi connectivity index (χ2v) is 6.25. The van der Waals surface area contributed by atoms with Crippen LogP contribution in [-0.4, -0.2) is 34.2 Å². The van der Waals surface area contributed by atoms with E-state index in [1.54, 1.807) is 0 Å². The molecule has 0 aromatic rings. The predicted molar refractivity (Wildman–Crippen MR) is 72.1 cm³/mol. The van der Waals surface area contributed by atoms with Gasteiger partial charge in [-0.3, -0.25) is 4.90 Å². The molecule has 2 fully saturated rings. The van der Waals surface area contributed by atoms with Gasteiger partial charge in [0, 0.05) is 18.1 Å². The van der Waals surface area contributed by atoms with Gasteiger partial charge in [-0.1, -0.05) is 19.3 Å². The second kappa shape index (κ2) is 6.19. The normalized spacial score (nSPS) is 35.1. The highest BCUT2D eigenvalue weighted by Gasteiger charge is 2.39. The summed E-state index contributed by atoms with van der Waals surface area (Å²) in [6, 6.07) is 2.64. The first-order valence-electron chi connectivity index (χ1n) is 7.64. The molecule has 100 valence electrons. The molecule has 0 aliphatic carbocycles. The first kappa shape index (κ1) is 13.4. The lowest BCUT2D eigenvalue weighted by atomic mass is 10.0. The van der Waals surface area contributed by atoms with Crippen LogP contribution < -0.4 is 0 Å². The number of unbranched alkanes of at least 4 members (excludes halogenated alkanes) is 2. The number of aliphatic hydroxyl groups is 1. The molecule has 0 saturated carbocycles. The first-order valence-corrected chi connectivity index (χ1v) is 7.64. The Kier molecular flexibility index (Phi) is 4.87. The van der Waals surface area contributed by atoms with Gasteiger partial charge in [0.05, 0.1) is 6.10 Å². The smallest absolute Gasteiger partial charge is 0.0512 e. The highest BCUT2D eigenvalue weighted by molar-refractivity contribution is 4.95. The minimum Gasteiger partial charge on any atom is -0.393 e. The Morgan fingerprint density at radius 3 is 2.65 bits per heavy atom. The largest absolute Gasteiger partial charge is 0.393 e. The lowest BCUT2D eigenvalue weighted by molar-refractivity contribution is 0.173. The van der Waals surface area contributed by atoms with E-state index in [0.717, 1.165) is 24.5 Å². The molecule has 0 bridgehead atoms. The Labute approximate surface area is 106 Å². The molecular formula is C15H29NO. The van der Waals surface area contributed by atoms with Gasteiger partial charge in [0.25, 0.3) is 0 Å². The van der Waals surface area contributed by atoms with Crippen LogP contribution in [0.1, 0.15) is 71.6 Å². The number of hydrogen-bond acceptors (Lipinski definition) is 2. The molecule has 4 atom stereocenters. The molecule has 0 aromatic carbocycles. The second-order valence-electron chi connectivity index (χ2n) is 6.25. The molecule has 17 heavy (non-hydrogen) atoms. The summed E-state index contributed by atoms with van der Waals surface area (Å²) in [4.78, 5) is 2.81. The van der Waals surface area contributed by atoms with Crippen LogP contribution in [0, 0.1) is 0 Å². The van der Waals surface area contributed by atoms with E-state index in [1.165, 1.54) is 51.4 Å². The Morgan fingerprint density at radius 2 is 1.88 bits per heavy atom. The van der Waals surface area contributed by atoms with E-state index in [2.05, 4.69) is 11.8 Å². The zero-order chi connectivity index (χ0) is 12.3. The van der Waals surface area contributed by atoms with Crippen molar-refractivity contribution in [3.05, 3.63) is 0 Å². The van der Waals surface area contributed by atoms with Gasteiger partial charge in [0.1, 0.15) is 0 Å². The Hall–Kier alpha value is -0.0800. The van der Waals surface area contributed by atoms with Gasteiger partial charge in [0.2, 0.25) is 0 Å². The predicted octanol–water partition coefficient (Wildman–Crippen LogP) is 3.33. The number of fused-ring (bicyclic) bond motifs is 1. The fourth-order valence-corrected chi connectivity index (χ4v) is 3.87. The van der Waals surface area contributed by atoms with Crippen molar-refractivity contribution in [3.63, 3.8) is 0 Å². The Balaban J connectivity index is 1.63. The summed E-state index contributed by atoms with van der Waals surface area (Å²) in [6.45, 7) is 4.30. The van der Waals surface area contributed by atoms with Gasteiger partial charge in [-0.05, 0) is 52.4 Å². The molecule has 2 aliphatic heterocycles. The molecule has 1 N–H and O–H groups in total. The van der Waals surface area contributed by atoms with Crippen molar-refractivity contribution < 1.29 is 5.11 Å². The van der Waals surface area contributed by atoms with Gasteiger partial charge in [0.15, 0.2) is 0 Å². The standard InChI is InChI=1S/C15H29NO/c1-12-8-9-15-11-10-14(16(12)15)7-5-3-4-6-13(2)17/h12-15,17H,3-11H2,1-2H3/t12-,13+,14+,15+/m1/s1. The minimum atomic E-state index is -0.107. The summed E-state index contributed by atoms with van der Waals surface area (Å²) in [5.74, 6) is 0. The number of hydrogen-bond donors (Lipinski definition) is 1. The molecule has 2 heteroatoms. The Morgan fingerprint density at radius 1 is 1.12 bits per heavy atom. The summed E-state index contributed by atoms with van der Waals surface area (Å²) >= 11 is 0. The topological polar surface area (TPSA) is 23.5 Å². The van der Waals surface area contributed by atoms with E-state index in [-0.39, 0.29) is 6.10 Å². The van der Waals surface area contributed by atoms with Crippen molar-refractivity contribution in [3.8, 4) is 0 Å². The van der Waals surface area contributed by atoms with Crippen LogP contribution in [0.25, 0.3) is 0 Å². The van der Waals surface area contributed by atoms with E-state index in [9.17, 15) is 5.11 Å². The van der Waals surface area contributed by atoms with Gasteiger partial charge in [-0.15, -0.1) is 0 Å². The van der Waals surface area contributed by atoms with Crippen molar-refractivity contribution in [2.45, 2.75) is 95.9 Å². The molecule has 0 radical (unpaired) electrons. The molecule has 2 saturated heterocycles. The SMILES string of the molecule is C[C@H](O)CCCCC[C@H]1CC[C@@H]2CC[C@@H](C)N21. The summed E-state index contributed by atoms with van der Waals surface area (Å²) in [6.07, 6.45) is 11.9. The fourth-order valence-electron chi connectivity index (χ4n) is 3.87. The third-order valence-corrected chi connectivity index (χ3v) is 4.76. The molecule has 0 unspecified atom stereocenters. The van der Waals surface area contributed by atoms with Crippen molar-refractivity contribution in [2.24, 2.45) is 0 Å². The van der Waals surface area contributed by atoms with E-state index in [0.29, 0.717) is 0 Å². The van der Waals surface area contributed by atoms with Crippen LogP contribution >= 0.6 is 0 Å². The van der Waals surface area contributed by atoms with Crippen molar-refractivity contribution in [1.29, 1.82) is 0 Å². The summed E-state index contributed by atoms with van der Waals surface area (Å²) in [7, 11) is 0. The van der Waals surface area contributed by atoms with Crippen molar-refractivity contribution in [2.75, 3.05) is 0 Å². The zero-order valence-corrected chi connectivity index (χ0v) is 11.6. The minimum absolute atomic E-state index is 0.107. The maximum Gasteiger partial charge on any atom is 0.0512 e. The lowest BCUT2D eigenvalue weighted by Gasteiger charge is -2.28. The van der Waals surface area contributed by atoms with Crippen LogP contribution in [0.3, 0.4) is 0 Å². The molecule has 2 nitrogen and oxygen atoms in total. The molecule has 2 rings (SSSR count). The maximum absolute atomic E-state index is 9.21. The van der Waals surface area contributed by atoms with Gasteiger partial charge in [-0.25, -0.2) is 0 Å². The fraction of sp³-hybridized carbons (Fsp3) is 1.00. The number of aliphatic hydroxyl groups excluding tert-OH is 1. The molecular weight excluding hydrogens is 210 g/mol. The molecule has 0 aromatic heterocycles. The monoisotopic (exact) mass is 239 g/mol. The van der Waals surface area contributed by atoms with Crippen LogP contribution in [0.5, 0.6) is 0 Å². The van der Waals surface area contributed by atoms with E-state index in [4.69, 9.17) is 0 Å². The third kappa shape index (κ3) is 3.45. The molecule has 2 aliphatic rings. The summed E-state index contributed by atoms with van der Waals surface area (Å²) in [5.41, 5.74) is 0. The number of nitrogens with zero attached hydrogens (tertiary/aromatic N) is 1. The van der Waals surface area contributed by atoms with Gasteiger partial charge in [-0.2, -0.15) is 0 Å². The molecule has 0 amide bonds. The van der Waals surface area contributed by atoms with Gasteiger partial charge < -0.3 is 5.11 Å². The van der Waals surface area contributed by atoms with Crippen LogP contribution in [0.4, 0.5) is 0 Å². The first-order chi connectivity index (χ1) is 8.18. The summed E-state index contributed by atoms with van der Waals surface area (Å²) in [5, 5.41) is 9.21. The van der Waals surface area contributed by atoms with E-state index < -0.39 is 0 Å².